The van der Waals surface area contributed by atoms with Crippen molar-refractivity contribution >= 4 is 23.2 Å². The van der Waals surface area contributed by atoms with Crippen LogP contribution in [0.25, 0.3) is 0 Å². The van der Waals surface area contributed by atoms with Crippen molar-refractivity contribution in [1.29, 1.82) is 0 Å². The van der Waals surface area contributed by atoms with Gasteiger partial charge in [0.25, 0.3) is 5.91 Å². The van der Waals surface area contributed by atoms with E-state index in [4.69, 9.17) is 9.47 Å². The van der Waals surface area contributed by atoms with Crippen molar-refractivity contribution < 1.29 is 27.4 Å². The SMILES string of the molecule is O=C(c1ncc(C2OCCCO2)s1)N1CCN(c2ncc(C(F)(F)F)cn2)CC1. The van der Waals surface area contributed by atoms with Crippen LogP contribution < -0.4 is 4.90 Å². The number of thiazole rings is 1. The summed E-state index contributed by atoms with van der Waals surface area (Å²) in [5.41, 5.74) is -0.888. The second kappa shape index (κ2) is 8.20. The number of alkyl halides is 3. The van der Waals surface area contributed by atoms with E-state index in [-0.39, 0.29) is 11.9 Å². The van der Waals surface area contributed by atoms with Crippen molar-refractivity contribution in [3.8, 4) is 0 Å². The lowest BCUT2D eigenvalue weighted by Crippen LogP contribution is -2.49. The molecule has 0 unspecified atom stereocenters. The summed E-state index contributed by atoms with van der Waals surface area (Å²) in [5.74, 6) is 0.0262. The summed E-state index contributed by atoms with van der Waals surface area (Å²) in [6, 6.07) is 0. The summed E-state index contributed by atoms with van der Waals surface area (Å²) in [4.78, 5) is 28.7. The molecular weight excluding hydrogens is 411 g/mol. The number of nitrogens with zero attached hydrogens (tertiary/aromatic N) is 5. The number of piperazine rings is 1. The van der Waals surface area contributed by atoms with E-state index in [1.807, 2.05) is 0 Å². The van der Waals surface area contributed by atoms with Crippen molar-refractivity contribution in [2.45, 2.75) is 18.9 Å². The lowest BCUT2D eigenvalue weighted by molar-refractivity contribution is -0.181. The van der Waals surface area contributed by atoms with Crippen molar-refractivity contribution in [2.24, 2.45) is 0 Å². The van der Waals surface area contributed by atoms with Gasteiger partial charge in [0, 0.05) is 44.8 Å². The molecule has 0 saturated carbocycles. The number of amides is 1. The third-order valence-corrected chi connectivity index (χ3v) is 5.59. The van der Waals surface area contributed by atoms with Gasteiger partial charge in [0.15, 0.2) is 11.3 Å². The first-order chi connectivity index (χ1) is 13.9. The lowest BCUT2D eigenvalue weighted by Gasteiger charge is -2.34. The Balaban J connectivity index is 1.34. The number of rotatable bonds is 3. The van der Waals surface area contributed by atoms with Gasteiger partial charge >= 0.3 is 6.18 Å². The molecule has 0 radical (unpaired) electrons. The number of hydrogen-bond acceptors (Lipinski definition) is 8. The summed E-state index contributed by atoms with van der Waals surface area (Å²) < 4.78 is 48.9. The minimum Gasteiger partial charge on any atom is -0.348 e. The van der Waals surface area contributed by atoms with Crippen LogP contribution in [0.4, 0.5) is 19.1 Å². The van der Waals surface area contributed by atoms with Gasteiger partial charge in [0.05, 0.1) is 23.7 Å². The molecule has 2 aromatic heterocycles. The van der Waals surface area contributed by atoms with E-state index in [0.29, 0.717) is 44.4 Å². The van der Waals surface area contributed by atoms with Gasteiger partial charge in [0.1, 0.15) is 0 Å². The van der Waals surface area contributed by atoms with Crippen molar-refractivity contribution in [1.82, 2.24) is 19.9 Å². The smallest absolute Gasteiger partial charge is 0.348 e. The Hall–Kier alpha value is -2.31. The zero-order valence-electron chi connectivity index (χ0n) is 15.3. The van der Waals surface area contributed by atoms with E-state index in [2.05, 4.69) is 15.0 Å². The van der Waals surface area contributed by atoms with Crippen LogP contribution in [-0.2, 0) is 15.7 Å². The van der Waals surface area contributed by atoms with Gasteiger partial charge in [-0.15, -0.1) is 11.3 Å². The highest BCUT2D eigenvalue weighted by atomic mass is 32.1. The minimum atomic E-state index is -4.47. The number of carbonyl (C=O) groups is 1. The van der Waals surface area contributed by atoms with E-state index in [0.717, 1.165) is 23.7 Å². The van der Waals surface area contributed by atoms with E-state index in [9.17, 15) is 18.0 Å². The Bertz CT molecular complexity index is 847. The van der Waals surface area contributed by atoms with Crippen LogP contribution in [0, 0.1) is 0 Å². The number of ether oxygens (including phenoxy) is 2. The second-order valence-corrected chi connectivity index (χ2v) is 7.61. The molecule has 0 N–H and O–H groups in total. The molecule has 2 aliphatic rings. The fourth-order valence-electron chi connectivity index (χ4n) is 3.02. The van der Waals surface area contributed by atoms with Crippen LogP contribution >= 0.6 is 11.3 Å². The zero-order chi connectivity index (χ0) is 20.4. The Morgan fingerprint density at radius 3 is 2.31 bits per heavy atom. The van der Waals surface area contributed by atoms with E-state index in [1.54, 1.807) is 16.0 Å². The van der Waals surface area contributed by atoms with Crippen LogP contribution in [0.2, 0.25) is 0 Å². The normalized spacial score (nSPS) is 18.9. The van der Waals surface area contributed by atoms with Crippen molar-refractivity contribution in [3.05, 3.63) is 34.0 Å². The molecule has 0 atom stereocenters. The first-order valence-corrected chi connectivity index (χ1v) is 9.86. The highest BCUT2D eigenvalue weighted by Crippen LogP contribution is 2.29. The molecule has 0 aliphatic carbocycles. The van der Waals surface area contributed by atoms with Gasteiger partial charge in [0.2, 0.25) is 5.95 Å². The topological polar surface area (TPSA) is 80.7 Å². The van der Waals surface area contributed by atoms with Crippen molar-refractivity contribution in [2.75, 3.05) is 44.3 Å². The maximum atomic E-state index is 12.7. The molecular formula is C17H18F3N5O3S. The van der Waals surface area contributed by atoms with Crippen LogP contribution in [0.1, 0.15) is 33.0 Å². The maximum Gasteiger partial charge on any atom is 0.419 e. The van der Waals surface area contributed by atoms with Crippen LogP contribution in [0.15, 0.2) is 18.6 Å². The fourth-order valence-corrected chi connectivity index (χ4v) is 3.90. The van der Waals surface area contributed by atoms with Crippen LogP contribution in [-0.4, -0.2) is 65.2 Å². The fraction of sp³-hybridized carbons (Fsp3) is 0.529. The number of hydrogen-bond donors (Lipinski definition) is 0. The van der Waals surface area contributed by atoms with Gasteiger partial charge in [-0.05, 0) is 6.42 Å². The van der Waals surface area contributed by atoms with Crippen LogP contribution in [0.3, 0.4) is 0 Å². The standard InChI is InChI=1S/C17H18F3N5O3S/c18-17(19,20)11-8-22-16(23-9-11)25-4-2-24(3-5-25)14(26)13-21-10-12(29-13)15-27-6-1-7-28-15/h8-10,15H,1-7H2. The predicted molar refractivity (Wildman–Crippen MR) is 96.5 cm³/mol. The molecule has 1 amide bonds. The molecule has 0 aromatic carbocycles. The quantitative estimate of drug-likeness (QED) is 0.741. The third-order valence-electron chi connectivity index (χ3n) is 4.58. The van der Waals surface area contributed by atoms with Gasteiger partial charge in [-0.3, -0.25) is 4.79 Å². The molecule has 2 fully saturated rings. The largest absolute Gasteiger partial charge is 0.419 e. The first kappa shape index (κ1) is 20.0. The summed E-state index contributed by atoms with van der Waals surface area (Å²) >= 11 is 1.25. The monoisotopic (exact) mass is 429 g/mol. The average molecular weight is 429 g/mol. The van der Waals surface area contributed by atoms with Gasteiger partial charge < -0.3 is 19.3 Å². The number of anilines is 1. The summed E-state index contributed by atoms with van der Waals surface area (Å²) in [7, 11) is 0. The molecule has 4 rings (SSSR count). The molecule has 2 saturated heterocycles. The highest BCUT2D eigenvalue weighted by Gasteiger charge is 2.32. The molecule has 2 aromatic rings. The Kier molecular flexibility index (Phi) is 5.65. The minimum absolute atomic E-state index is 0.190. The van der Waals surface area contributed by atoms with Crippen molar-refractivity contribution in [3.63, 3.8) is 0 Å². The molecule has 0 spiro atoms. The molecule has 12 heteroatoms. The summed E-state index contributed by atoms with van der Waals surface area (Å²) in [5, 5.41) is 0.358. The Labute approximate surface area is 168 Å². The lowest BCUT2D eigenvalue weighted by atomic mass is 10.3. The molecule has 0 bridgehead atoms. The van der Waals surface area contributed by atoms with E-state index in [1.165, 1.54) is 11.3 Å². The van der Waals surface area contributed by atoms with Crippen LogP contribution in [0.5, 0.6) is 0 Å². The Morgan fingerprint density at radius 2 is 1.69 bits per heavy atom. The molecule has 2 aliphatic heterocycles. The predicted octanol–water partition coefficient (Wildman–Crippen LogP) is 2.35. The second-order valence-electron chi connectivity index (χ2n) is 6.54. The third kappa shape index (κ3) is 4.49. The Morgan fingerprint density at radius 1 is 1.03 bits per heavy atom. The zero-order valence-corrected chi connectivity index (χ0v) is 16.1. The molecule has 29 heavy (non-hydrogen) atoms. The summed E-state index contributed by atoms with van der Waals surface area (Å²) in [6.45, 7) is 2.86. The van der Waals surface area contributed by atoms with Gasteiger partial charge in [-0.25, -0.2) is 15.0 Å². The van der Waals surface area contributed by atoms with Gasteiger partial charge in [-0.2, -0.15) is 13.2 Å². The maximum absolute atomic E-state index is 12.7. The number of halogens is 3. The van der Waals surface area contributed by atoms with E-state index >= 15 is 0 Å². The number of carbonyl (C=O) groups excluding carboxylic acids is 1. The highest BCUT2D eigenvalue weighted by molar-refractivity contribution is 7.13. The van der Waals surface area contributed by atoms with E-state index < -0.39 is 18.0 Å². The first-order valence-electron chi connectivity index (χ1n) is 9.04. The van der Waals surface area contributed by atoms with Gasteiger partial charge in [-0.1, -0.05) is 0 Å². The summed E-state index contributed by atoms with van der Waals surface area (Å²) in [6.07, 6.45) is -0.965. The molecule has 8 nitrogen and oxygen atoms in total. The number of aromatic nitrogens is 3. The molecule has 4 heterocycles. The average Bonchev–Trinajstić information content (AvgIpc) is 3.24. The molecule has 156 valence electrons.